The van der Waals surface area contributed by atoms with Crippen LogP contribution in [-0.2, 0) is 9.59 Å². The van der Waals surface area contributed by atoms with Gasteiger partial charge in [0.15, 0.2) is 0 Å². The second-order valence-corrected chi connectivity index (χ2v) is 5.60. The van der Waals surface area contributed by atoms with E-state index in [-0.39, 0.29) is 24.9 Å². The van der Waals surface area contributed by atoms with Gasteiger partial charge in [-0.3, -0.25) is 14.5 Å². The maximum Gasteiger partial charge on any atom is 0.238 e. The number of rotatable bonds is 7. The van der Waals surface area contributed by atoms with Crippen molar-refractivity contribution in [1.82, 2.24) is 9.80 Å². The van der Waals surface area contributed by atoms with E-state index in [9.17, 15) is 9.59 Å². The van der Waals surface area contributed by atoms with Crippen LogP contribution in [0, 0.1) is 13.8 Å². The van der Waals surface area contributed by atoms with Gasteiger partial charge in [-0.25, -0.2) is 0 Å². The van der Waals surface area contributed by atoms with Gasteiger partial charge in [0.25, 0.3) is 0 Å². The van der Waals surface area contributed by atoms with Crippen LogP contribution in [0.4, 0.5) is 5.69 Å². The first kappa shape index (κ1) is 18.2. The van der Waals surface area contributed by atoms with E-state index in [4.69, 9.17) is 0 Å². The summed E-state index contributed by atoms with van der Waals surface area (Å²) in [6.07, 6.45) is 0. The van der Waals surface area contributed by atoms with Crippen molar-refractivity contribution < 1.29 is 9.59 Å². The molecule has 0 atom stereocenters. The largest absolute Gasteiger partial charge is 0.342 e. The molecule has 0 saturated heterocycles. The van der Waals surface area contributed by atoms with Crippen LogP contribution in [-0.4, -0.2) is 54.8 Å². The first-order valence-corrected chi connectivity index (χ1v) is 7.70. The van der Waals surface area contributed by atoms with Crippen molar-refractivity contribution in [3.05, 3.63) is 29.3 Å². The molecule has 2 amide bonds. The molecule has 0 aromatic heterocycles. The minimum absolute atomic E-state index is 0.0480. The number of benzene rings is 1. The van der Waals surface area contributed by atoms with Crippen LogP contribution < -0.4 is 5.32 Å². The first-order chi connectivity index (χ1) is 10.4. The smallest absolute Gasteiger partial charge is 0.238 e. The van der Waals surface area contributed by atoms with Crippen molar-refractivity contribution >= 4 is 17.5 Å². The van der Waals surface area contributed by atoms with E-state index in [1.165, 1.54) is 0 Å². The number of carbonyl (C=O) groups excluding carboxylic acids is 2. The molecule has 0 saturated carbocycles. The first-order valence-electron chi connectivity index (χ1n) is 7.70. The molecule has 5 heteroatoms. The van der Waals surface area contributed by atoms with Gasteiger partial charge >= 0.3 is 0 Å². The number of amides is 2. The zero-order chi connectivity index (χ0) is 16.7. The Morgan fingerprint density at radius 3 is 2.27 bits per heavy atom. The monoisotopic (exact) mass is 305 g/mol. The minimum Gasteiger partial charge on any atom is -0.342 e. The van der Waals surface area contributed by atoms with Crippen LogP contribution in [0.5, 0.6) is 0 Å². The summed E-state index contributed by atoms with van der Waals surface area (Å²) in [4.78, 5) is 27.6. The Morgan fingerprint density at radius 2 is 1.73 bits per heavy atom. The summed E-state index contributed by atoms with van der Waals surface area (Å²) < 4.78 is 0. The summed E-state index contributed by atoms with van der Waals surface area (Å²) in [6.45, 7) is 9.72. The summed E-state index contributed by atoms with van der Waals surface area (Å²) in [6, 6.07) is 5.91. The fraction of sp³-hybridized carbons (Fsp3) is 0.529. The van der Waals surface area contributed by atoms with Crippen LogP contribution in [0.3, 0.4) is 0 Å². The molecule has 0 aliphatic carbocycles. The van der Waals surface area contributed by atoms with Crippen molar-refractivity contribution in [2.24, 2.45) is 0 Å². The number of anilines is 1. The number of aryl methyl sites for hydroxylation is 2. The lowest BCUT2D eigenvalue weighted by Crippen LogP contribution is -2.41. The second-order valence-electron chi connectivity index (χ2n) is 5.60. The molecule has 0 aliphatic heterocycles. The summed E-state index contributed by atoms with van der Waals surface area (Å²) in [7, 11) is 1.78. The van der Waals surface area contributed by atoms with Gasteiger partial charge in [-0.2, -0.15) is 0 Å². The van der Waals surface area contributed by atoms with Gasteiger partial charge in [0.1, 0.15) is 0 Å². The molecular weight excluding hydrogens is 278 g/mol. The van der Waals surface area contributed by atoms with E-state index < -0.39 is 0 Å². The van der Waals surface area contributed by atoms with Gasteiger partial charge in [-0.1, -0.05) is 17.7 Å². The molecule has 0 radical (unpaired) electrons. The Morgan fingerprint density at radius 1 is 1.09 bits per heavy atom. The van der Waals surface area contributed by atoms with Gasteiger partial charge in [-0.05, 0) is 46.4 Å². The molecular formula is C17H27N3O2. The Labute approximate surface area is 133 Å². The summed E-state index contributed by atoms with van der Waals surface area (Å²) in [5, 5.41) is 2.89. The lowest BCUT2D eigenvalue weighted by Gasteiger charge is -2.22. The lowest BCUT2D eigenvalue weighted by molar-refractivity contribution is -0.132. The Kier molecular flexibility index (Phi) is 7.05. The molecule has 1 aromatic rings. The third kappa shape index (κ3) is 5.48. The molecule has 0 fully saturated rings. The van der Waals surface area contributed by atoms with Crippen molar-refractivity contribution in [3.8, 4) is 0 Å². The Bertz CT molecular complexity index is 525. The number of hydrogen-bond acceptors (Lipinski definition) is 3. The highest BCUT2D eigenvalue weighted by Crippen LogP contribution is 2.15. The zero-order valence-electron chi connectivity index (χ0n) is 14.3. The van der Waals surface area contributed by atoms with E-state index in [1.807, 2.05) is 45.9 Å². The van der Waals surface area contributed by atoms with Crippen LogP contribution in [0.2, 0.25) is 0 Å². The second kappa shape index (κ2) is 8.54. The van der Waals surface area contributed by atoms with Crippen LogP contribution in [0.15, 0.2) is 18.2 Å². The fourth-order valence-electron chi connectivity index (χ4n) is 2.35. The SMILES string of the molecule is CCN(CC)C(=O)CN(C)CC(=O)Nc1ccc(C)cc1C. The maximum absolute atomic E-state index is 12.1. The number of nitrogens with zero attached hydrogens (tertiary/aromatic N) is 2. The van der Waals surface area contributed by atoms with E-state index in [1.54, 1.807) is 16.8 Å². The molecule has 122 valence electrons. The van der Waals surface area contributed by atoms with Crippen molar-refractivity contribution in [3.63, 3.8) is 0 Å². The third-order valence-electron chi connectivity index (χ3n) is 3.59. The predicted molar refractivity (Wildman–Crippen MR) is 90.0 cm³/mol. The lowest BCUT2D eigenvalue weighted by atomic mass is 10.1. The Hall–Kier alpha value is -1.88. The quantitative estimate of drug-likeness (QED) is 0.839. The summed E-state index contributed by atoms with van der Waals surface area (Å²) >= 11 is 0. The van der Waals surface area contributed by atoms with E-state index in [0.717, 1.165) is 16.8 Å². The topological polar surface area (TPSA) is 52.7 Å². The van der Waals surface area contributed by atoms with Crippen LogP contribution >= 0.6 is 0 Å². The zero-order valence-corrected chi connectivity index (χ0v) is 14.3. The van der Waals surface area contributed by atoms with Crippen LogP contribution in [0.25, 0.3) is 0 Å². The highest BCUT2D eigenvalue weighted by atomic mass is 16.2. The fourth-order valence-corrected chi connectivity index (χ4v) is 2.35. The molecule has 1 N–H and O–H groups in total. The molecule has 0 unspecified atom stereocenters. The standard InChI is InChI=1S/C17H27N3O2/c1-6-20(7-2)17(22)12-19(5)11-16(21)18-15-9-8-13(3)10-14(15)4/h8-10H,6-7,11-12H2,1-5H3,(H,18,21). The van der Waals surface area contributed by atoms with Gasteiger partial charge in [0, 0.05) is 18.8 Å². The third-order valence-corrected chi connectivity index (χ3v) is 3.59. The summed E-state index contributed by atoms with van der Waals surface area (Å²) in [5.41, 5.74) is 3.02. The molecule has 1 aromatic carbocycles. The molecule has 0 bridgehead atoms. The normalized spacial score (nSPS) is 10.6. The van der Waals surface area contributed by atoms with E-state index >= 15 is 0 Å². The molecule has 5 nitrogen and oxygen atoms in total. The number of hydrogen-bond donors (Lipinski definition) is 1. The van der Waals surface area contributed by atoms with Crippen LogP contribution in [0.1, 0.15) is 25.0 Å². The van der Waals surface area contributed by atoms with E-state index in [0.29, 0.717) is 13.1 Å². The van der Waals surface area contributed by atoms with Gasteiger partial charge in [0.2, 0.25) is 11.8 Å². The highest BCUT2D eigenvalue weighted by molar-refractivity contribution is 5.93. The molecule has 0 heterocycles. The highest BCUT2D eigenvalue weighted by Gasteiger charge is 2.15. The molecule has 1 rings (SSSR count). The van der Waals surface area contributed by atoms with E-state index in [2.05, 4.69) is 5.32 Å². The van der Waals surface area contributed by atoms with Crippen molar-refractivity contribution in [2.45, 2.75) is 27.7 Å². The average molecular weight is 305 g/mol. The molecule has 0 aliphatic rings. The number of likely N-dealkylation sites (N-methyl/N-ethyl adjacent to an activating group) is 2. The minimum atomic E-state index is -0.109. The predicted octanol–water partition coefficient (Wildman–Crippen LogP) is 2.04. The van der Waals surface area contributed by atoms with Crippen molar-refractivity contribution in [1.29, 1.82) is 0 Å². The average Bonchev–Trinajstić information content (AvgIpc) is 2.43. The van der Waals surface area contributed by atoms with Gasteiger partial charge in [-0.15, -0.1) is 0 Å². The van der Waals surface area contributed by atoms with Gasteiger partial charge < -0.3 is 10.2 Å². The Balaban J connectivity index is 2.52. The summed E-state index contributed by atoms with van der Waals surface area (Å²) in [5.74, 6) is -0.0615. The molecule has 22 heavy (non-hydrogen) atoms. The number of nitrogens with one attached hydrogen (secondary N) is 1. The van der Waals surface area contributed by atoms with Gasteiger partial charge in [0.05, 0.1) is 13.1 Å². The number of carbonyl (C=O) groups is 2. The maximum atomic E-state index is 12.1. The van der Waals surface area contributed by atoms with Crippen molar-refractivity contribution in [2.75, 3.05) is 38.5 Å². The molecule has 0 spiro atoms.